The van der Waals surface area contributed by atoms with E-state index in [9.17, 15) is 0 Å². The van der Waals surface area contributed by atoms with Crippen LogP contribution >= 0.6 is 0 Å². The average molecular weight is 751 g/mol. The van der Waals surface area contributed by atoms with Crippen LogP contribution in [0, 0.1) is 0 Å². The third kappa shape index (κ3) is 5.44. The van der Waals surface area contributed by atoms with E-state index >= 15 is 0 Å². The maximum Gasteiger partial charge on any atom is 0.161 e. The van der Waals surface area contributed by atoms with Crippen molar-refractivity contribution in [2.24, 2.45) is 0 Å². The highest BCUT2D eigenvalue weighted by atomic mass is 16.3. The second-order valence-corrected chi connectivity index (χ2v) is 15.2. The SMILES string of the molecule is c1ccc(-c2ccccc2-c2nc(-c3ccc(-c4cccc5oc6c7ccccc7ccc6c45)cc3)cc(-c3c4ccccc4cc4c3ccc3ccccc34)n2)cc1. The Hall–Kier alpha value is -7.88. The Morgan fingerprint density at radius 2 is 0.915 bits per heavy atom. The minimum atomic E-state index is 0.685. The lowest BCUT2D eigenvalue weighted by Gasteiger charge is -2.16. The Bertz CT molecular complexity index is 3600. The van der Waals surface area contributed by atoms with Gasteiger partial charge < -0.3 is 4.42 Å². The van der Waals surface area contributed by atoms with Crippen molar-refractivity contribution in [3.63, 3.8) is 0 Å². The van der Waals surface area contributed by atoms with Crippen LogP contribution in [0.4, 0.5) is 0 Å². The molecule has 0 spiro atoms. The average Bonchev–Trinajstić information content (AvgIpc) is 3.71. The monoisotopic (exact) mass is 750 g/mol. The highest BCUT2D eigenvalue weighted by Gasteiger charge is 2.20. The van der Waals surface area contributed by atoms with Crippen LogP contribution in [-0.4, -0.2) is 9.97 Å². The largest absolute Gasteiger partial charge is 0.455 e. The number of fused-ring (bicyclic) bond motifs is 9. The Balaban J connectivity index is 1.08. The number of furan rings is 1. The summed E-state index contributed by atoms with van der Waals surface area (Å²) in [7, 11) is 0. The van der Waals surface area contributed by atoms with Crippen molar-refractivity contribution >= 4 is 65.0 Å². The van der Waals surface area contributed by atoms with Gasteiger partial charge in [-0.15, -0.1) is 0 Å². The molecule has 0 fully saturated rings. The Labute approximate surface area is 340 Å². The van der Waals surface area contributed by atoms with Crippen LogP contribution in [0.1, 0.15) is 0 Å². The fraction of sp³-hybridized carbons (Fsp3) is 0. The molecule has 0 unspecified atom stereocenters. The van der Waals surface area contributed by atoms with Crippen molar-refractivity contribution < 1.29 is 4.42 Å². The summed E-state index contributed by atoms with van der Waals surface area (Å²) >= 11 is 0. The summed E-state index contributed by atoms with van der Waals surface area (Å²) in [6.45, 7) is 0. The summed E-state index contributed by atoms with van der Waals surface area (Å²) in [5.41, 5.74) is 11.1. The molecule has 0 aliphatic rings. The number of nitrogens with zero attached hydrogens (tertiary/aromatic N) is 2. The van der Waals surface area contributed by atoms with Crippen LogP contribution < -0.4 is 0 Å². The first-order valence-electron chi connectivity index (χ1n) is 20.1. The van der Waals surface area contributed by atoms with Crippen molar-refractivity contribution in [2.45, 2.75) is 0 Å². The fourth-order valence-corrected chi connectivity index (χ4v) is 9.10. The number of hydrogen-bond acceptors (Lipinski definition) is 3. The van der Waals surface area contributed by atoms with Crippen LogP contribution in [0.3, 0.4) is 0 Å². The van der Waals surface area contributed by atoms with E-state index in [1.807, 2.05) is 0 Å². The number of aromatic nitrogens is 2. The molecule has 10 aromatic carbocycles. The van der Waals surface area contributed by atoms with Gasteiger partial charge in [0, 0.05) is 32.8 Å². The fourth-order valence-electron chi connectivity index (χ4n) is 9.10. The molecule has 0 saturated heterocycles. The van der Waals surface area contributed by atoms with Crippen LogP contribution in [-0.2, 0) is 0 Å². The summed E-state index contributed by atoms with van der Waals surface area (Å²) < 4.78 is 6.54. The molecule has 0 N–H and O–H groups in total. The lowest BCUT2D eigenvalue weighted by Crippen LogP contribution is -1.98. The predicted octanol–water partition coefficient (Wildman–Crippen LogP) is 15.3. The minimum Gasteiger partial charge on any atom is -0.455 e. The third-order valence-electron chi connectivity index (χ3n) is 11.9. The second-order valence-electron chi connectivity index (χ2n) is 15.2. The molecule has 3 heteroatoms. The first-order valence-corrected chi connectivity index (χ1v) is 20.1. The molecular formula is C56H34N2O. The van der Waals surface area contributed by atoms with Gasteiger partial charge in [-0.3, -0.25) is 0 Å². The molecule has 0 atom stereocenters. The van der Waals surface area contributed by atoms with Gasteiger partial charge >= 0.3 is 0 Å². The second kappa shape index (κ2) is 13.4. The molecule has 2 aromatic heterocycles. The van der Waals surface area contributed by atoms with E-state index in [1.165, 1.54) is 26.9 Å². The molecule has 0 radical (unpaired) electrons. The lowest BCUT2D eigenvalue weighted by atomic mass is 9.91. The van der Waals surface area contributed by atoms with E-state index < -0.39 is 0 Å². The van der Waals surface area contributed by atoms with E-state index in [2.05, 4.69) is 206 Å². The summed E-state index contributed by atoms with van der Waals surface area (Å²) in [5.74, 6) is 0.685. The number of hydrogen-bond donors (Lipinski definition) is 0. The highest BCUT2D eigenvalue weighted by molar-refractivity contribution is 6.21. The minimum absolute atomic E-state index is 0.685. The van der Waals surface area contributed by atoms with Gasteiger partial charge in [-0.25, -0.2) is 9.97 Å². The molecule has 274 valence electrons. The Morgan fingerprint density at radius 3 is 1.73 bits per heavy atom. The molecule has 59 heavy (non-hydrogen) atoms. The van der Waals surface area contributed by atoms with Gasteiger partial charge in [-0.05, 0) is 84.2 Å². The molecule has 0 amide bonds. The summed E-state index contributed by atoms with van der Waals surface area (Å²) in [6.07, 6.45) is 0. The van der Waals surface area contributed by atoms with Crippen molar-refractivity contribution in [1.29, 1.82) is 0 Å². The van der Waals surface area contributed by atoms with E-state index in [4.69, 9.17) is 14.4 Å². The van der Waals surface area contributed by atoms with Gasteiger partial charge in [0.05, 0.1) is 11.4 Å². The van der Waals surface area contributed by atoms with Gasteiger partial charge in [0.1, 0.15) is 11.2 Å². The number of rotatable bonds is 5. The summed E-state index contributed by atoms with van der Waals surface area (Å²) in [6, 6.07) is 73.2. The quantitative estimate of drug-likeness (QED) is 0.130. The maximum atomic E-state index is 6.54. The van der Waals surface area contributed by atoms with Gasteiger partial charge in [0.15, 0.2) is 5.82 Å². The molecule has 12 aromatic rings. The third-order valence-corrected chi connectivity index (χ3v) is 11.9. The molecule has 3 nitrogen and oxygen atoms in total. The van der Waals surface area contributed by atoms with E-state index in [0.29, 0.717) is 5.82 Å². The standard InChI is InChI=1S/C56H34N2O/c1-2-13-35(14-3-1)41-18-10-11-22-47(41)56-57-50(34-51(58-56)53-44-20-8-6-17-40(44)33-49-42-19-7-4-15-36(42)29-31-46(49)53)39-27-25-38(26-28-39)43-23-12-24-52-54(43)48-32-30-37-16-5-9-21-45(37)55(48)59-52/h1-34H. The van der Waals surface area contributed by atoms with E-state index in [1.54, 1.807) is 0 Å². The van der Waals surface area contributed by atoms with Crippen LogP contribution in [0.15, 0.2) is 211 Å². The van der Waals surface area contributed by atoms with Gasteiger partial charge in [0.25, 0.3) is 0 Å². The smallest absolute Gasteiger partial charge is 0.161 e. The van der Waals surface area contributed by atoms with Gasteiger partial charge in [-0.2, -0.15) is 0 Å². The zero-order chi connectivity index (χ0) is 38.9. The summed E-state index contributed by atoms with van der Waals surface area (Å²) in [4.78, 5) is 10.9. The molecular weight excluding hydrogens is 717 g/mol. The Morgan fingerprint density at radius 1 is 0.322 bits per heavy atom. The first kappa shape index (κ1) is 33.3. The number of benzene rings is 10. The van der Waals surface area contributed by atoms with Crippen LogP contribution in [0.25, 0.3) is 121 Å². The van der Waals surface area contributed by atoms with Gasteiger partial charge in [-0.1, -0.05) is 182 Å². The molecule has 0 aliphatic heterocycles. The van der Waals surface area contributed by atoms with E-state index in [-0.39, 0.29) is 0 Å². The predicted molar refractivity (Wildman–Crippen MR) is 247 cm³/mol. The molecule has 12 rings (SSSR count). The van der Waals surface area contributed by atoms with Crippen LogP contribution in [0.2, 0.25) is 0 Å². The van der Waals surface area contributed by atoms with Crippen molar-refractivity contribution in [1.82, 2.24) is 9.97 Å². The normalized spacial score (nSPS) is 11.7. The molecule has 0 bridgehead atoms. The van der Waals surface area contributed by atoms with Gasteiger partial charge in [0.2, 0.25) is 0 Å². The topological polar surface area (TPSA) is 38.9 Å². The zero-order valence-electron chi connectivity index (χ0n) is 31.9. The van der Waals surface area contributed by atoms with Crippen molar-refractivity contribution in [2.75, 3.05) is 0 Å². The summed E-state index contributed by atoms with van der Waals surface area (Å²) in [5, 5.41) is 11.7. The highest BCUT2D eigenvalue weighted by Crippen LogP contribution is 2.43. The lowest BCUT2D eigenvalue weighted by molar-refractivity contribution is 0.673. The maximum absolute atomic E-state index is 6.54. The molecule has 0 saturated carbocycles. The van der Waals surface area contributed by atoms with Crippen LogP contribution in [0.5, 0.6) is 0 Å². The zero-order valence-corrected chi connectivity index (χ0v) is 31.9. The first-order chi connectivity index (χ1) is 29.2. The van der Waals surface area contributed by atoms with E-state index in [0.717, 1.165) is 88.4 Å². The Kier molecular flexibility index (Phi) is 7.54. The molecule has 0 aliphatic carbocycles. The molecule has 2 heterocycles. The van der Waals surface area contributed by atoms with Crippen molar-refractivity contribution in [3.05, 3.63) is 206 Å². The van der Waals surface area contributed by atoms with Crippen molar-refractivity contribution in [3.8, 4) is 56.2 Å².